The molecule has 1 unspecified atom stereocenters. The predicted octanol–water partition coefficient (Wildman–Crippen LogP) is 4.34. The third-order valence-electron chi connectivity index (χ3n) is 5.69. The lowest BCUT2D eigenvalue weighted by molar-refractivity contribution is 0.0668. The van der Waals surface area contributed by atoms with Gasteiger partial charge in [0.25, 0.3) is 5.91 Å². The van der Waals surface area contributed by atoms with E-state index in [1.165, 1.54) is 18.4 Å². The largest absolute Gasteiger partial charge is 0.339 e. The molecule has 1 aromatic carbocycles. The van der Waals surface area contributed by atoms with Crippen molar-refractivity contribution < 1.29 is 9.32 Å². The van der Waals surface area contributed by atoms with Crippen LogP contribution in [0.4, 0.5) is 0 Å². The molecule has 0 N–H and O–H groups in total. The summed E-state index contributed by atoms with van der Waals surface area (Å²) in [7, 11) is 0. The Hall–Kier alpha value is -2.17. The van der Waals surface area contributed by atoms with Crippen LogP contribution in [-0.2, 0) is 11.8 Å². The second-order valence-corrected chi connectivity index (χ2v) is 9.11. The van der Waals surface area contributed by atoms with Crippen molar-refractivity contribution in [2.75, 3.05) is 13.1 Å². The highest BCUT2D eigenvalue weighted by Crippen LogP contribution is 2.38. The number of likely N-dealkylation sites (tertiary alicyclic amines) is 1. The first-order chi connectivity index (χ1) is 12.9. The van der Waals surface area contributed by atoms with Gasteiger partial charge < -0.3 is 9.42 Å². The smallest absolute Gasteiger partial charge is 0.253 e. The van der Waals surface area contributed by atoms with Crippen molar-refractivity contribution in [1.29, 1.82) is 0 Å². The van der Waals surface area contributed by atoms with Gasteiger partial charge in [-0.05, 0) is 54.7 Å². The number of carbonyl (C=O) groups is 1. The summed E-state index contributed by atoms with van der Waals surface area (Å²) in [6, 6.07) is 8.08. The minimum Gasteiger partial charge on any atom is -0.339 e. The predicted molar refractivity (Wildman–Crippen MR) is 104 cm³/mol. The van der Waals surface area contributed by atoms with Crippen LogP contribution in [0.25, 0.3) is 0 Å². The SMILES string of the molecule is CC(C)(C)c1ccc(C(=O)N2CCCC(Cc3nc(C4CC4)no3)C2)cc1. The molecule has 0 spiro atoms. The summed E-state index contributed by atoms with van der Waals surface area (Å²) in [5.41, 5.74) is 2.12. The lowest BCUT2D eigenvalue weighted by Gasteiger charge is -2.32. The molecule has 5 heteroatoms. The molecule has 1 aliphatic heterocycles. The van der Waals surface area contributed by atoms with Crippen molar-refractivity contribution in [1.82, 2.24) is 15.0 Å². The van der Waals surface area contributed by atoms with Gasteiger partial charge in [-0.1, -0.05) is 38.1 Å². The van der Waals surface area contributed by atoms with Gasteiger partial charge in [-0.2, -0.15) is 4.98 Å². The van der Waals surface area contributed by atoms with E-state index in [0.29, 0.717) is 11.8 Å². The number of benzene rings is 1. The highest BCUT2D eigenvalue weighted by atomic mass is 16.5. The van der Waals surface area contributed by atoms with Gasteiger partial charge in [0.15, 0.2) is 5.82 Å². The van der Waals surface area contributed by atoms with Crippen LogP contribution in [0, 0.1) is 5.92 Å². The van der Waals surface area contributed by atoms with E-state index in [2.05, 4.69) is 43.0 Å². The number of carbonyl (C=O) groups excluding carboxylic acids is 1. The van der Waals surface area contributed by atoms with Gasteiger partial charge in [-0.3, -0.25) is 4.79 Å². The van der Waals surface area contributed by atoms with Crippen LogP contribution >= 0.6 is 0 Å². The van der Waals surface area contributed by atoms with E-state index < -0.39 is 0 Å². The van der Waals surface area contributed by atoms with Gasteiger partial charge in [-0.25, -0.2) is 0 Å². The summed E-state index contributed by atoms with van der Waals surface area (Å²) >= 11 is 0. The minimum atomic E-state index is 0.0984. The van der Waals surface area contributed by atoms with Crippen molar-refractivity contribution in [2.45, 2.75) is 64.2 Å². The molecule has 4 rings (SSSR count). The Morgan fingerprint density at radius 1 is 1.19 bits per heavy atom. The van der Waals surface area contributed by atoms with Gasteiger partial charge in [0.2, 0.25) is 5.89 Å². The number of hydrogen-bond acceptors (Lipinski definition) is 4. The quantitative estimate of drug-likeness (QED) is 0.806. The summed E-state index contributed by atoms with van der Waals surface area (Å²) < 4.78 is 5.43. The first kappa shape index (κ1) is 18.2. The average molecular weight is 367 g/mol. The Bertz CT molecular complexity index is 800. The third-order valence-corrected chi connectivity index (χ3v) is 5.69. The second kappa shape index (κ2) is 7.10. The van der Waals surface area contributed by atoms with Crippen LogP contribution in [0.15, 0.2) is 28.8 Å². The molecule has 2 aromatic rings. The summed E-state index contributed by atoms with van der Waals surface area (Å²) in [6.07, 6.45) is 5.26. The Balaban J connectivity index is 1.38. The molecule has 2 fully saturated rings. The van der Waals surface area contributed by atoms with Gasteiger partial charge in [0.05, 0.1) is 0 Å². The topological polar surface area (TPSA) is 59.2 Å². The van der Waals surface area contributed by atoms with Gasteiger partial charge in [0.1, 0.15) is 0 Å². The molecule has 1 amide bonds. The summed E-state index contributed by atoms with van der Waals surface area (Å²) in [5, 5.41) is 4.11. The van der Waals surface area contributed by atoms with E-state index in [0.717, 1.165) is 49.6 Å². The van der Waals surface area contributed by atoms with Crippen molar-refractivity contribution in [3.63, 3.8) is 0 Å². The lowest BCUT2D eigenvalue weighted by Crippen LogP contribution is -2.40. The molecule has 1 atom stereocenters. The Kier molecular flexibility index (Phi) is 4.79. The van der Waals surface area contributed by atoms with E-state index in [9.17, 15) is 4.79 Å². The van der Waals surface area contributed by atoms with E-state index >= 15 is 0 Å². The second-order valence-electron chi connectivity index (χ2n) is 9.11. The molecule has 2 heterocycles. The molecule has 144 valence electrons. The zero-order valence-corrected chi connectivity index (χ0v) is 16.6. The van der Waals surface area contributed by atoms with Crippen molar-refractivity contribution in [2.24, 2.45) is 5.92 Å². The average Bonchev–Trinajstić information content (AvgIpc) is 3.40. The third kappa shape index (κ3) is 4.23. The molecule has 2 aliphatic rings. The number of aromatic nitrogens is 2. The molecule has 5 nitrogen and oxygen atoms in total. The van der Waals surface area contributed by atoms with E-state index in [4.69, 9.17) is 4.52 Å². The summed E-state index contributed by atoms with van der Waals surface area (Å²) in [4.78, 5) is 19.5. The monoisotopic (exact) mass is 367 g/mol. The minimum absolute atomic E-state index is 0.0984. The Morgan fingerprint density at radius 2 is 1.93 bits per heavy atom. The maximum Gasteiger partial charge on any atom is 0.253 e. The molecular weight excluding hydrogens is 338 g/mol. The lowest BCUT2D eigenvalue weighted by atomic mass is 9.86. The van der Waals surface area contributed by atoms with Crippen molar-refractivity contribution in [3.05, 3.63) is 47.1 Å². The first-order valence-corrected chi connectivity index (χ1v) is 10.1. The van der Waals surface area contributed by atoms with Crippen LogP contribution in [0.5, 0.6) is 0 Å². The molecule has 1 aromatic heterocycles. The fourth-order valence-electron chi connectivity index (χ4n) is 3.82. The number of amides is 1. The van der Waals surface area contributed by atoms with Crippen LogP contribution < -0.4 is 0 Å². The zero-order chi connectivity index (χ0) is 19.0. The number of piperidine rings is 1. The molecule has 0 bridgehead atoms. The van der Waals surface area contributed by atoms with Crippen LogP contribution in [0.1, 0.15) is 80.0 Å². The zero-order valence-electron chi connectivity index (χ0n) is 16.6. The molecule has 1 saturated carbocycles. The van der Waals surface area contributed by atoms with Crippen LogP contribution in [0.2, 0.25) is 0 Å². The maximum atomic E-state index is 12.9. The van der Waals surface area contributed by atoms with E-state index in [1.807, 2.05) is 17.0 Å². The van der Waals surface area contributed by atoms with E-state index in [1.54, 1.807) is 0 Å². The van der Waals surface area contributed by atoms with E-state index in [-0.39, 0.29) is 11.3 Å². The number of nitrogens with zero attached hydrogens (tertiary/aromatic N) is 3. The van der Waals surface area contributed by atoms with Crippen LogP contribution in [0.3, 0.4) is 0 Å². The highest BCUT2D eigenvalue weighted by molar-refractivity contribution is 5.94. The Morgan fingerprint density at radius 3 is 2.59 bits per heavy atom. The molecular formula is C22H29N3O2. The highest BCUT2D eigenvalue weighted by Gasteiger charge is 2.30. The van der Waals surface area contributed by atoms with Gasteiger partial charge in [0, 0.05) is 31.0 Å². The molecule has 27 heavy (non-hydrogen) atoms. The molecule has 1 aliphatic carbocycles. The van der Waals surface area contributed by atoms with Crippen molar-refractivity contribution in [3.8, 4) is 0 Å². The molecule has 1 saturated heterocycles. The molecule has 0 radical (unpaired) electrons. The number of hydrogen-bond donors (Lipinski definition) is 0. The van der Waals surface area contributed by atoms with Crippen molar-refractivity contribution >= 4 is 5.91 Å². The Labute approximate surface area is 161 Å². The summed E-state index contributed by atoms with van der Waals surface area (Å²) in [5.74, 6) is 2.63. The maximum absolute atomic E-state index is 12.9. The summed E-state index contributed by atoms with van der Waals surface area (Å²) in [6.45, 7) is 8.15. The van der Waals surface area contributed by atoms with Gasteiger partial charge in [-0.15, -0.1) is 0 Å². The number of rotatable bonds is 4. The fourth-order valence-corrected chi connectivity index (χ4v) is 3.82. The van der Waals surface area contributed by atoms with Gasteiger partial charge >= 0.3 is 0 Å². The standard InChI is InChI=1S/C22H29N3O2/c1-22(2,3)18-10-8-17(9-11-18)21(26)25-12-4-5-15(14-25)13-19-23-20(24-27-19)16-6-7-16/h8-11,15-16H,4-7,12-14H2,1-3H3. The normalized spacial score (nSPS) is 20.7. The first-order valence-electron chi connectivity index (χ1n) is 10.1. The van der Waals surface area contributed by atoms with Crippen LogP contribution in [-0.4, -0.2) is 34.0 Å². The fraction of sp³-hybridized carbons (Fsp3) is 0.591.